The Morgan fingerprint density at radius 3 is 2.89 bits per heavy atom. The van der Waals surface area contributed by atoms with Crippen LogP contribution in [0.1, 0.15) is 30.8 Å². The van der Waals surface area contributed by atoms with Crippen molar-refractivity contribution in [2.45, 2.75) is 20.3 Å². The van der Waals surface area contributed by atoms with Gasteiger partial charge in [0.2, 0.25) is 0 Å². The summed E-state index contributed by atoms with van der Waals surface area (Å²) in [7, 11) is 0. The fourth-order valence-electron chi connectivity index (χ4n) is 1.50. The minimum absolute atomic E-state index is 0.0942. The minimum Gasteiger partial charge on any atom is -0.409 e. The molecule has 0 aliphatic carbocycles. The molecule has 0 fully saturated rings. The molecule has 1 aromatic rings. The van der Waals surface area contributed by atoms with Gasteiger partial charge in [0.15, 0.2) is 5.69 Å². The number of amidine groups is 1. The molecule has 0 aliphatic rings. The first-order valence-corrected chi connectivity index (χ1v) is 5.70. The quantitative estimate of drug-likeness (QED) is 0.340. The Kier molecular flexibility index (Phi) is 5.16. The lowest BCUT2D eigenvalue weighted by Crippen LogP contribution is -2.37. The molecule has 0 saturated heterocycles. The molecule has 0 saturated carbocycles. The first-order chi connectivity index (χ1) is 8.54. The lowest BCUT2D eigenvalue weighted by atomic mass is 10.2. The Bertz CT molecular complexity index is 400. The summed E-state index contributed by atoms with van der Waals surface area (Å²) in [4.78, 5) is 13.7. The van der Waals surface area contributed by atoms with Crippen LogP contribution in [0.2, 0.25) is 0 Å². The summed E-state index contributed by atoms with van der Waals surface area (Å²) in [5, 5.41) is 15.0. The van der Waals surface area contributed by atoms with Gasteiger partial charge in [-0.25, -0.2) is 0 Å². The summed E-state index contributed by atoms with van der Waals surface area (Å²) in [6.07, 6.45) is 1.66. The fraction of sp³-hybridized carbons (Fsp3) is 0.545. The number of nitrogens with zero attached hydrogens (tertiary/aromatic N) is 3. The van der Waals surface area contributed by atoms with Gasteiger partial charge in [-0.05, 0) is 5.92 Å². The van der Waals surface area contributed by atoms with Crippen molar-refractivity contribution in [3.05, 3.63) is 18.0 Å². The molecule has 0 aromatic carbocycles. The highest BCUT2D eigenvalue weighted by Gasteiger charge is 2.19. The molecule has 0 radical (unpaired) electrons. The molecule has 0 atom stereocenters. The van der Waals surface area contributed by atoms with Crippen LogP contribution in [0.5, 0.6) is 0 Å². The highest BCUT2D eigenvalue weighted by atomic mass is 16.5. The molecular formula is C11H18N4O3. The van der Waals surface area contributed by atoms with Gasteiger partial charge in [0.05, 0.1) is 0 Å². The van der Waals surface area contributed by atoms with Crippen molar-refractivity contribution in [2.24, 2.45) is 16.8 Å². The maximum atomic E-state index is 12.1. The van der Waals surface area contributed by atoms with E-state index in [0.717, 1.165) is 0 Å². The monoisotopic (exact) mass is 254 g/mol. The van der Waals surface area contributed by atoms with Gasteiger partial charge in [0.1, 0.15) is 12.1 Å². The first-order valence-electron chi connectivity index (χ1n) is 5.70. The normalized spacial score (nSPS) is 11.8. The van der Waals surface area contributed by atoms with Crippen LogP contribution in [0.15, 0.2) is 22.0 Å². The van der Waals surface area contributed by atoms with E-state index in [1.54, 1.807) is 4.90 Å². The molecule has 0 aliphatic heterocycles. The number of hydrogen-bond acceptors (Lipinski definition) is 5. The van der Waals surface area contributed by atoms with E-state index in [-0.39, 0.29) is 17.4 Å². The molecule has 7 heteroatoms. The standard InChI is InChI=1S/C11H18N4O3/c1-8(2)7-15(5-3-10(12)13-17)11(16)9-4-6-18-14-9/h4,6,8,17H,3,5,7H2,1-2H3,(H2,12,13). The molecule has 0 unspecified atom stereocenters. The Hall–Kier alpha value is -2.05. The summed E-state index contributed by atoms with van der Waals surface area (Å²) in [5.41, 5.74) is 5.66. The first kappa shape index (κ1) is 14.0. The van der Waals surface area contributed by atoms with E-state index in [1.807, 2.05) is 13.8 Å². The maximum Gasteiger partial charge on any atom is 0.276 e. The van der Waals surface area contributed by atoms with E-state index >= 15 is 0 Å². The topological polar surface area (TPSA) is 105 Å². The molecular weight excluding hydrogens is 236 g/mol. The second-order valence-corrected chi connectivity index (χ2v) is 4.37. The Labute approximate surface area is 105 Å². The zero-order valence-electron chi connectivity index (χ0n) is 10.5. The molecule has 3 N–H and O–H groups in total. The largest absolute Gasteiger partial charge is 0.409 e. The smallest absolute Gasteiger partial charge is 0.276 e. The van der Waals surface area contributed by atoms with Crippen LogP contribution < -0.4 is 5.73 Å². The van der Waals surface area contributed by atoms with E-state index in [1.165, 1.54) is 12.3 Å². The number of amides is 1. The van der Waals surface area contributed by atoms with Gasteiger partial charge in [0, 0.05) is 25.6 Å². The van der Waals surface area contributed by atoms with Crippen molar-refractivity contribution in [1.82, 2.24) is 10.1 Å². The highest BCUT2D eigenvalue weighted by Crippen LogP contribution is 2.06. The predicted molar refractivity (Wildman–Crippen MR) is 65.3 cm³/mol. The number of carbonyl (C=O) groups excluding carboxylic acids is 1. The molecule has 100 valence electrons. The van der Waals surface area contributed by atoms with Gasteiger partial charge >= 0.3 is 0 Å². The molecule has 1 amide bonds. The van der Waals surface area contributed by atoms with Crippen molar-refractivity contribution >= 4 is 11.7 Å². The molecule has 1 heterocycles. The zero-order chi connectivity index (χ0) is 13.5. The third-order valence-electron chi connectivity index (χ3n) is 2.30. The van der Waals surface area contributed by atoms with Crippen LogP contribution in [0.3, 0.4) is 0 Å². The fourth-order valence-corrected chi connectivity index (χ4v) is 1.50. The number of oxime groups is 1. The van der Waals surface area contributed by atoms with Crippen LogP contribution in [-0.2, 0) is 0 Å². The Balaban J connectivity index is 2.69. The lowest BCUT2D eigenvalue weighted by Gasteiger charge is -2.23. The van der Waals surface area contributed by atoms with Gasteiger partial charge in [0.25, 0.3) is 5.91 Å². The van der Waals surface area contributed by atoms with Crippen molar-refractivity contribution in [3.8, 4) is 0 Å². The molecule has 1 rings (SSSR count). The number of nitrogens with two attached hydrogens (primary N) is 1. The third kappa shape index (κ3) is 4.08. The Morgan fingerprint density at radius 1 is 1.67 bits per heavy atom. The summed E-state index contributed by atoms with van der Waals surface area (Å²) in [6.45, 7) is 4.96. The van der Waals surface area contributed by atoms with Crippen molar-refractivity contribution < 1.29 is 14.5 Å². The lowest BCUT2D eigenvalue weighted by molar-refractivity contribution is 0.0730. The van der Waals surface area contributed by atoms with Crippen LogP contribution >= 0.6 is 0 Å². The molecule has 0 bridgehead atoms. The van der Waals surface area contributed by atoms with Crippen LogP contribution in [0.25, 0.3) is 0 Å². The van der Waals surface area contributed by atoms with E-state index in [0.29, 0.717) is 25.4 Å². The van der Waals surface area contributed by atoms with Gasteiger partial charge in [-0.1, -0.05) is 24.2 Å². The highest BCUT2D eigenvalue weighted by molar-refractivity contribution is 5.92. The Morgan fingerprint density at radius 2 is 2.39 bits per heavy atom. The second-order valence-electron chi connectivity index (χ2n) is 4.37. The molecule has 7 nitrogen and oxygen atoms in total. The van der Waals surface area contributed by atoms with Crippen molar-refractivity contribution in [3.63, 3.8) is 0 Å². The SMILES string of the molecule is CC(C)CN(CCC(N)=NO)C(=O)c1ccon1. The number of rotatable bonds is 6. The van der Waals surface area contributed by atoms with E-state index in [9.17, 15) is 4.79 Å². The van der Waals surface area contributed by atoms with Gasteiger partial charge in [-0.15, -0.1) is 0 Å². The van der Waals surface area contributed by atoms with E-state index in [2.05, 4.69) is 14.8 Å². The minimum atomic E-state index is -0.219. The van der Waals surface area contributed by atoms with E-state index in [4.69, 9.17) is 10.9 Å². The van der Waals surface area contributed by atoms with Crippen LogP contribution in [-0.4, -0.2) is 40.1 Å². The summed E-state index contributed by atoms with van der Waals surface area (Å²) < 4.78 is 4.65. The van der Waals surface area contributed by atoms with Gasteiger partial charge in [-0.2, -0.15) is 0 Å². The van der Waals surface area contributed by atoms with Crippen molar-refractivity contribution in [2.75, 3.05) is 13.1 Å². The molecule has 18 heavy (non-hydrogen) atoms. The summed E-state index contributed by atoms with van der Waals surface area (Å²) in [6, 6.07) is 1.51. The van der Waals surface area contributed by atoms with Gasteiger partial charge < -0.3 is 20.4 Å². The number of hydrogen-bond donors (Lipinski definition) is 2. The third-order valence-corrected chi connectivity index (χ3v) is 2.30. The van der Waals surface area contributed by atoms with Crippen molar-refractivity contribution in [1.29, 1.82) is 0 Å². The van der Waals surface area contributed by atoms with Crippen LogP contribution in [0, 0.1) is 5.92 Å². The molecule has 0 spiro atoms. The second kappa shape index (κ2) is 6.63. The number of carbonyl (C=O) groups is 1. The average Bonchev–Trinajstić information content (AvgIpc) is 2.86. The summed E-state index contributed by atoms with van der Waals surface area (Å²) >= 11 is 0. The predicted octanol–water partition coefficient (Wildman–Crippen LogP) is 0.909. The average molecular weight is 254 g/mol. The van der Waals surface area contributed by atoms with E-state index < -0.39 is 0 Å². The number of aromatic nitrogens is 1. The van der Waals surface area contributed by atoms with Crippen LogP contribution in [0.4, 0.5) is 0 Å². The zero-order valence-corrected chi connectivity index (χ0v) is 10.5. The summed E-state index contributed by atoms with van der Waals surface area (Å²) in [5.74, 6) is 0.188. The van der Waals surface area contributed by atoms with Gasteiger partial charge in [-0.3, -0.25) is 4.79 Å². The maximum absolute atomic E-state index is 12.1. The molecule has 1 aromatic heterocycles.